The average molecular weight is 405 g/mol. The zero-order chi connectivity index (χ0) is 21.3. The van der Waals surface area contributed by atoms with Crippen molar-refractivity contribution in [2.75, 3.05) is 0 Å². The van der Waals surface area contributed by atoms with E-state index < -0.39 is 11.9 Å². The highest BCUT2D eigenvalue weighted by molar-refractivity contribution is 6.04. The molecule has 2 aromatic carbocycles. The summed E-state index contributed by atoms with van der Waals surface area (Å²) >= 11 is 0. The number of hydrogen-bond acceptors (Lipinski definition) is 2. The van der Waals surface area contributed by atoms with Crippen LogP contribution in [0.1, 0.15) is 82.5 Å². The van der Waals surface area contributed by atoms with Gasteiger partial charge in [-0.2, -0.15) is 0 Å². The Balaban J connectivity index is 1.91. The van der Waals surface area contributed by atoms with Crippen LogP contribution in [0.25, 0.3) is 10.9 Å². The molecule has 0 radical (unpaired) electrons. The lowest BCUT2D eigenvalue weighted by atomic mass is 9.82. The minimum Gasteiger partial charge on any atom is -0.478 e. The molecule has 0 aliphatic heterocycles. The maximum atomic E-state index is 12.1. The van der Waals surface area contributed by atoms with E-state index in [9.17, 15) is 14.7 Å². The molecule has 1 heterocycles. The number of carboxylic acid groups (broad SMARTS) is 1. The topological polar surface area (TPSA) is 85.3 Å². The molecule has 5 nitrogen and oxygen atoms in total. The smallest absolute Gasteiger partial charge is 0.337 e. The van der Waals surface area contributed by atoms with Gasteiger partial charge < -0.3 is 15.4 Å². The number of para-hydroxylation sites is 1. The Morgan fingerprint density at radius 2 is 2.00 bits per heavy atom. The summed E-state index contributed by atoms with van der Waals surface area (Å²) in [5, 5.41) is 11.0. The Labute approximate surface area is 176 Å². The largest absolute Gasteiger partial charge is 0.478 e. The van der Waals surface area contributed by atoms with Crippen molar-refractivity contribution in [1.29, 1.82) is 0 Å². The quantitative estimate of drug-likeness (QED) is 0.575. The number of hydrogen-bond donors (Lipinski definition) is 2. The summed E-state index contributed by atoms with van der Waals surface area (Å²) in [6.45, 7) is 2.74. The molecule has 0 saturated heterocycles. The molecule has 1 unspecified atom stereocenters. The first kappa shape index (κ1) is 20.2. The van der Waals surface area contributed by atoms with Crippen LogP contribution in [0.4, 0.5) is 0 Å². The minimum absolute atomic E-state index is 0.335. The molecule has 4 rings (SSSR count). The van der Waals surface area contributed by atoms with Gasteiger partial charge in [0.05, 0.1) is 11.1 Å². The third-order valence-electron chi connectivity index (χ3n) is 6.30. The molecule has 30 heavy (non-hydrogen) atoms. The van der Waals surface area contributed by atoms with Gasteiger partial charge in [0, 0.05) is 23.2 Å². The number of primary amides is 1. The summed E-state index contributed by atoms with van der Waals surface area (Å²) in [5.41, 5.74) is 10.6. The Hall–Kier alpha value is -3.08. The van der Waals surface area contributed by atoms with Crippen molar-refractivity contribution in [3.8, 4) is 0 Å². The number of carbonyl (C=O) groups excluding carboxylic acids is 1. The molecule has 5 heteroatoms. The molecular formula is C25H28N2O3. The lowest BCUT2D eigenvalue weighted by Gasteiger charge is -2.24. The van der Waals surface area contributed by atoms with Crippen molar-refractivity contribution in [2.24, 2.45) is 5.73 Å². The molecular weight excluding hydrogens is 376 g/mol. The number of amides is 1. The molecule has 1 aliphatic carbocycles. The third-order valence-corrected chi connectivity index (χ3v) is 6.30. The summed E-state index contributed by atoms with van der Waals surface area (Å²) in [5.74, 6) is -0.895. The number of aromatic nitrogens is 1. The second kappa shape index (κ2) is 8.34. The summed E-state index contributed by atoms with van der Waals surface area (Å²) < 4.78 is 2.17. The van der Waals surface area contributed by atoms with Crippen molar-refractivity contribution in [3.63, 3.8) is 0 Å². The molecule has 1 aliphatic rings. The van der Waals surface area contributed by atoms with Crippen molar-refractivity contribution in [1.82, 2.24) is 4.57 Å². The van der Waals surface area contributed by atoms with Crippen molar-refractivity contribution >= 4 is 22.8 Å². The van der Waals surface area contributed by atoms with Crippen LogP contribution in [0.15, 0.2) is 42.5 Å². The normalized spacial score (nSPS) is 15.8. The Morgan fingerprint density at radius 3 is 2.73 bits per heavy atom. The van der Waals surface area contributed by atoms with Gasteiger partial charge in [-0.25, -0.2) is 4.79 Å². The number of unbranched alkanes of at least 4 members (excludes halogenated alkanes) is 1. The molecule has 0 saturated carbocycles. The van der Waals surface area contributed by atoms with E-state index >= 15 is 0 Å². The first-order valence-corrected chi connectivity index (χ1v) is 10.8. The third kappa shape index (κ3) is 3.60. The molecule has 0 bridgehead atoms. The number of nitrogens with two attached hydrogens (primary N) is 1. The fourth-order valence-corrected chi connectivity index (χ4v) is 4.96. The van der Waals surface area contributed by atoms with Gasteiger partial charge in [0.15, 0.2) is 0 Å². The van der Waals surface area contributed by atoms with E-state index in [0.717, 1.165) is 48.6 Å². The van der Waals surface area contributed by atoms with E-state index in [-0.39, 0.29) is 0 Å². The lowest BCUT2D eigenvalue weighted by Crippen LogP contribution is -2.14. The standard InChI is InChI=1S/C25H28N2O3/c1-2-3-8-17-9-5-13-21-22(17)19-11-6-12-20(25(29)30)23(19)27(21)15-16-7-4-10-18(14-16)24(26)28/h4,6-7,10-12,14,17H,2-3,5,8-9,13,15H2,1H3,(H2,26,28)(H,29,30). The highest BCUT2D eigenvalue weighted by atomic mass is 16.4. The average Bonchev–Trinajstić information content (AvgIpc) is 3.06. The van der Waals surface area contributed by atoms with Gasteiger partial charge in [-0.15, -0.1) is 0 Å². The van der Waals surface area contributed by atoms with Crippen LogP contribution in [0.3, 0.4) is 0 Å². The maximum Gasteiger partial charge on any atom is 0.337 e. The fourth-order valence-electron chi connectivity index (χ4n) is 4.96. The molecule has 1 atom stereocenters. The summed E-state index contributed by atoms with van der Waals surface area (Å²) in [4.78, 5) is 23.7. The SMILES string of the molecule is CCCCC1CCCc2c1c1cccc(C(=O)O)c1n2Cc1cccc(C(N)=O)c1. The highest BCUT2D eigenvalue weighted by Gasteiger charge is 2.29. The van der Waals surface area contributed by atoms with E-state index in [0.29, 0.717) is 23.6 Å². The first-order valence-electron chi connectivity index (χ1n) is 10.8. The van der Waals surface area contributed by atoms with E-state index in [2.05, 4.69) is 17.6 Å². The van der Waals surface area contributed by atoms with Crippen LogP contribution in [-0.4, -0.2) is 21.6 Å². The Kier molecular flexibility index (Phi) is 5.62. The van der Waals surface area contributed by atoms with E-state index in [1.54, 1.807) is 18.2 Å². The van der Waals surface area contributed by atoms with Crippen molar-refractivity contribution < 1.29 is 14.7 Å². The van der Waals surface area contributed by atoms with Crippen LogP contribution in [0.2, 0.25) is 0 Å². The van der Waals surface area contributed by atoms with Crippen LogP contribution in [0, 0.1) is 0 Å². The summed E-state index contributed by atoms with van der Waals surface area (Å²) in [6.07, 6.45) is 6.68. The number of nitrogens with zero attached hydrogens (tertiary/aromatic N) is 1. The van der Waals surface area contributed by atoms with Gasteiger partial charge >= 0.3 is 5.97 Å². The Bertz CT molecular complexity index is 1110. The van der Waals surface area contributed by atoms with Gasteiger partial charge in [-0.3, -0.25) is 4.79 Å². The lowest BCUT2D eigenvalue weighted by molar-refractivity contribution is 0.0698. The molecule has 0 spiro atoms. The zero-order valence-corrected chi connectivity index (χ0v) is 17.4. The van der Waals surface area contributed by atoms with Crippen LogP contribution in [-0.2, 0) is 13.0 Å². The van der Waals surface area contributed by atoms with Gasteiger partial charge in [-0.05, 0) is 60.9 Å². The van der Waals surface area contributed by atoms with Crippen LogP contribution in [0.5, 0.6) is 0 Å². The number of carboxylic acids is 1. The van der Waals surface area contributed by atoms with Crippen LogP contribution >= 0.6 is 0 Å². The van der Waals surface area contributed by atoms with Gasteiger partial charge in [0.2, 0.25) is 5.91 Å². The number of benzene rings is 2. The first-order chi connectivity index (χ1) is 14.5. The predicted molar refractivity (Wildman–Crippen MR) is 118 cm³/mol. The number of fused-ring (bicyclic) bond motifs is 3. The van der Waals surface area contributed by atoms with Crippen LogP contribution < -0.4 is 5.73 Å². The van der Waals surface area contributed by atoms with Crippen molar-refractivity contribution in [3.05, 3.63) is 70.4 Å². The monoisotopic (exact) mass is 404 g/mol. The second-order valence-electron chi connectivity index (χ2n) is 8.25. The Morgan fingerprint density at radius 1 is 1.20 bits per heavy atom. The summed E-state index contributed by atoms with van der Waals surface area (Å²) in [7, 11) is 0. The van der Waals surface area contributed by atoms with E-state index in [4.69, 9.17) is 5.73 Å². The molecule has 0 fully saturated rings. The zero-order valence-electron chi connectivity index (χ0n) is 17.4. The maximum absolute atomic E-state index is 12.1. The molecule has 1 amide bonds. The highest BCUT2D eigenvalue weighted by Crippen LogP contribution is 2.42. The molecule has 3 aromatic rings. The second-order valence-corrected chi connectivity index (χ2v) is 8.25. The van der Waals surface area contributed by atoms with Gasteiger partial charge in [0.25, 0.3) is 0 Å². The number of aromatic carboxylic acids is 1. The number of rotatable bonds is 7. The summed E-state index contributed by atoms with van der Waals surface area (Å²) in [6, 6.07) is 12.9. The molecule has 1 aromatic heterocycles. The van der Waals surface area contributed by atoms with Crippen molar-refractivity contribution in [2.45, 2.75) is 57.9 Å². The predicted octanol–water partition coefficient (Wildman–Crippen LogP) is 5.10. The van der Waals surface area contributed by atoms with Gasteiger partial charge in [0.1, 0.15) is 0 Å². The van der Waals surface area contributed by atoms with E-state index in [1.807, 2.05) is 18.2 Å². The molecule has 3 N–H and O–H groups in total. The number of carbonyl (C=O) groups is 2. The van der Waals surface area contributed by atoms with E-state index in [1.165, 1.54) is 17.7 Å². The minimum atomic E-state index is -0.910. The fraction of sp³-hybridized carbons (Fsp3) is 0.360. The van der Waals surface area contributed by atoms with Gasteiger partial charge in [-0.1, -0.05) is 44.0 Å². The molecule has 156 valence electrons.